The van der Waals surface area contributed by atoms with Crippen molar-refractivity contribution in [2.45, 2.75) is 18.1 Å². The molecule has 3 heterocycles. The Morgan fingerprint density at radius 1 is 1.46 bits per heavy atom. The molecule has 0 amide bonds. The number of rotatable bonds is 4. The van der Waals surface area contributed by atoms with E-state index in [1.165, 1.54) is 17.8 Å². The first-order valence-electron chi connectivity index (χ1n) is 8.51. The summed E-state index contributed by atoms with van der Waals surface area (Å²) in [6.45, 7) is 0.809. The summed E-state index contributed by atoms with van der Waals surface area (Å²) in [7, 11) is 1.66. The normalized spacial score (nSPS) is 28.5. The molecule has 8 heteroatoms. The van der Waals surface area contributed by atoms with Crippen molar-refractivity contribution in [2.24, 2.45) is 16.6 Å². The third-order valence-corrected chi connectivity index (χ3v) is 6.06. The summed E-state index contributed by atoms with van der Waals surface area (Å²) in [5, 5.41) is 7.37. The highest BCUT2D eigenvalue weighted by Gasteiger charge is 2.49. The Bertz CT molecular complexity index is 814. The van der Waals surface area contributed by atoms with Crippen molar-refractivity contribution in [1.82, 2.24) is 10.2 Å². The molecule has 6 nitrogen and oxygen atoms in total. The van der Waals surface area contributed by atoms with Gasteiger partial charge in [-0.1, -0.05) is 11.8 Å². The molecule has 1 fully saturated rings. The standard InChI is InChI=1S/C18H21FN4O2S/c1-24-8-13-7-12-9-26-17(20)22-18(12,10-25-13)14-6-11(2-3-15(14)19)16-4-5-21-23-16/h2-6,12-13H,7-10H2,1H3,(H2,20,22)(H,21,23)/t12-,13+,18-/m0/s1. The fourth-order valence-electron chi connectivity index (χ4n) is 3.79. The number of aromatic nitrogens is 2. The number of thioether (sulfide) groups is 1. The van der Waals surface area contributed by atoms with Crippen LogP contribution in [0.15, 0.2) is 35.5 Å². The summed E-state index contributed by atoms with van der Waals surface area (Å²) < 4.78 is 26.1. The Morgan fingerprint density at radius 2 is 2.35 bits per heavy atom. The van der Waals surface area contributed by atoms with Crippen molar-refractivity contribution >= 4 is 16.9 Å². The van der Waals surface area contributed by atoms with Crippen molar-refractivity contribution < 1.29 is 13.9 Å². The van der Waals surface area contributed by atoms with E-state index in [1.54, 1.807) is 19.4 Å². The zero-order valence-electron chi connectivity index (χ0n) is 14.4. The number of ether oxygens (including phenoxy) is 2. The van der Waals surface area contributed by atoms with Gasteiger partial charge in [0, 0.05) is 36.1 Å². The lowest BCUT2D eigenvalue weighted by atomic mass is 9.74. The van der Waals surface area contributed by atoms with Crippen LogP contribution in [-0.2, 0) is 15.0 Å². The van der Waals surface area contributed by atoms with Gasteiger partial charge >= 0.3 is 0 Å². The molecule has 138 valence electrons. The van der Waals surface area contributed by atoms with E-state index in [2.05, 4.69) is 10.2 Å². The van der Waals surface area contributed by atoms with Crippen LogP contribution in [0.4, 0.5) is 4.39 Å². The van der Waals surface area contributed by atoms with Gasteiger partial charge in [-0.25, -0.2) is 9.38 Å². The summed E-state index contributed by atoms with van der Waals surface area (Å²) in [6.07, 6.45) is 2.42. The van der Waals surface area contributed by atoms with Gasteiger partial charge in [0.25, 0.3) is 0 Å². The quantitative estimate of drug-likeness (QED) is 0.856. The largest absolute Gasteiger partial charge is 0.382 e. The van der Waals surface area contributed by atoms with Gasteiger partial charge in [-0.15, -0.1) is 0 Å². The van der Waals surface area contributed by atoms with E-state index in [9.17, 15) is 4.39 Å². The fraction of sp³-hybridized carbons (Fsp3) is 0.444. The molecule has 1 saturated heterocycles. The van der Waals surface area contributed by atoms with E-state index in [0.717, 1.165) is 23.4 Å². The van der Waals surface area contributed by atoms with Crippen LogP contribution in [0.1, 0.15) is 12.0 Å². The number of methoxy groups -OCH3 is 1. The van der Waals surface area contributed by atoms with E-state index in [4.69, 9.17) is 20.2 Å². The minimum absolute atomic E-state index is 0.00731. The summed E-state index contributed by atoms with van der Waals surface area (Å²) in [5.41, 5.74) is 7.44. The molecule has 0 bridgehead atoms. The van der Waals surface area contributed by atoms with E-state index < -0.39 is 5.54 Å². The van der Waals surface area contributed by atoms with Crippen LogP contribution in [0.5, 0.6) is 0 Å². The summed E-state index contributed by atoms with van der Waals surface area (Å²) in [6, 6.07) is 6.90. The van der Waals surface area contributed by atoms with Crippen molar-refractivity contribution in [1.29, 1.82) is 0 Å². The lowest BCUT2D eigenvalue weighted by molar-refractivity contribution is -0.0836. The van der Waals surface area contributed by atoms with Crippen LogP contribution in [0.2, 0.25) is 0 Å². The molecule has 0 radical (unpaired) electrons. The Kier molecular flexibility index (Phi) is 4.73. The monoisotopic (exact) mass is 376 g/mol. The van der Waals surface area contributed by atoms with Gasteiger partial charge in [-0.2, -0.15) is 5.10 Å². The maximum absolute atomic E-state index is 14.9. The number of nitrogens with two attached hydrogens (primary N) is 1. The number of nitrogens with one attached hydrogen (secondary N) is 1. The molecule has 0 aliphatic carbocycles. The first-order valence-corrected chi connectivity index (χ1v) is 9.49. The average Bonchev–Trinajstić information content (AvgIpc) is 3.17. The maximum Gasteiger partial charge on any atom is 0.154 e. The third kappa shape index (κ3) is 3.02. The van der Waals surface area contributed by atoms with Gasteiger partial charge in [-0.05, 0) is 30.7 Å². The minimum atomic E-state index is -0.806. The van der Waals surface area contributed by atoms with Crippen molar-refractivity contribution in [3.8, 4) is 11.3 Å². The van der Waals surface area contributed by atoms with Gasteiger partial charge in [-0.3, -0.25) is 5.10 Å². The Morgan fingerprint density at radius 3 is 3.12 bits per heavy atom. The number of halogens is 1. The smallest absolute Gasteiger partial charge is 0.154 e. The average molecular weight is 376 g/mol. The van der Waals surface area contributed by atoms with Crippen molar-refractivity contribution in [3.05, 3.63) is 41.8 Å². The van der Waals surface area contributed by atoms with Crippen LogP contribution in [0.3, 0.4) is 0 Å². The highest BCUT2D eigenvalue weighted by molar-refractivity contribution is 8.13. The second-order valence-electron chi connectivity index (χ2n) is 6.67. The van der Waals surface area contributed by atoms with Gasteiger partial charge in [0.05, 0.1) is 25.0 Å². The van der Waals surface area contributed by atoms with Crippen LogP contribution >= 0.6 is 11.8 Å². The first-order chi connectivity index (χ1) is 12.6. The molecule has 3 N–H and O–H groups in total. The van der Waals surface area contributed by atoms with E-state index in [0.29, 0.717) is 17.3 Å². The zero-order chi connectivity index (χ0) is 18.1. The molecule has 2 aliphatic heterocycles. The molecule has 2 aromatic rings. The molecule has 0 unspecified atom stereocenters. The zero-order valence-corrected chi connectivity index (χ0v) is 15.3. The van der Waals surface area contributed by atoms with Gasteiger partial charge in [0.2, 0.25) is 0 Å². The topological polar surface area (TPSA) is 85.5 Å². The highest BCUT2D eigenvalue weighted by atomic mass is 32.2. The summed E-state index contributed by atoms with van der Waals surface area (Å²) in [4.78, 5) is 4.71. The number of amidine groups is 1. The Balaban J connectivity index is 1.78. The second-order valence-corrected chi connectivity index (χ2v) is 7.71. The molecule has 3 atom stereocenters. The molecule has 0 saturated carbocycles. The highest BCUT2D eigenvalue weighted by Crippen LogP contribution is 2.47. The Labute approximate surface area is 155 Å². The lowest BCUT2D eigenvalue weighted by Crippen LogP contribution is -2.51. The van der Waals surface area contributed by atoms with E-state index in [-0.39, 0.29) is 24.4 Å². The number of hydrogen-bond donors (Lipinski definition) is 2. The number of H-pyrrole nitrogens is 1. The van der Waals surface area contributed by atoms with Crippen molar-refractivity contribution in [2.75, 3.05) is 26.1 Å². The van der Waals surface area contributed by atoms with E-state index >= 15 is 0 Å². The molecule has 0 spiro atoms. The third-order valence-electron chi connectivity index (χ3n) is 5.10. The molecule has 1 aromatic heterocycles. The molecular formula is C18H21FN4O2S. The fourth-order valence-corrected chi connectivity index (χ4v) is 4.80. The molecule has 1 aromatic carbocycles. The number of nitrogens with zero attached hydrogens (tertiary/aromatic N) is 2. The second kappa shape index (κ2) is 7.02. The predicted molar refractivity (Wildman–Crippen MR) is 99.5 cm³/mol. The first kappa shape index (κ1) is 17.5. The SMILES string of the molecule is COC[C@H]1C[C@H]2CSC(N)=N[C@@]2(c2cc(-c3ccn[nH]3)ccc2F)CO1. The molecular weight excluding hydrogens is 355 g/mol. The number of aromatic amines is 1. The van der Waals surface area contributed by atoms with Crippen LogP contribution in [-0.4, -0.2) is 47.5 Å². The minimum Gasteiger partial charge on any atom is -0.382 e. The molecule has 2 aliphatic rings. The maximum atomic E-state index is 14.9. The number of hydrogen-bond acceptors (Lipinski definition) is 6. The van der Waals surface area contributed by atoms with E-state index in [1.807, 2.05) is 12.1 Å². The predicted octanol–water partition coefficient (Wildman–Crippen LogP) is 2.52. The van der Waals surface area contributed by atoms with Gasteiger partial charge in [0.15, 0.2) is 5.17 Å². The lowest BCUT2D eigenvalue weighted by Gasteiger charge is -2.46. The Hall–Kier alpha value is -1.90. The molecule has 26 heavy (non-hydrogen) atoms. The van der Waals surface area contributed by atoms with Gasteiger partial charge < -0.3 is 15.2 Å². The number of fused-ring (bicyclic) bond motifs is 1. The molecule has 4 rings (SSSR count). The van der Waals surface area contributed by atoms with Crippen molar-refractivity contribution in [3.63, 3.8) is 0 Å². The number of benzene rings is 1. The van der Waals surface area contributed by atoms with Crippen LogP contribution in [0.25, 0.3) is 11.3 Å². The summed E-state index contributed by atoms with van der Waals surface area (Å²) in [5.74, 6) is 0.614. The van der Waals surface area contributed by atoms with Crippen LogP contribution < -0.4 is 5.73 Å². The summed E-state index contributed by atoms with van der Waals surface area (Å²) >= 11 is 1.52. The van der Waals surface area contributed by atoms with Gasteiger partial charge in [0.1, 0.15) is 11.4 Å². The number of aliphatic imine (C=N–C) groups is 1. The van der Waals surface area contributed by atoms with Crippen LogP contribution in [0, 0.1) is 11.7 Å².